The summed E-state index contributed by atoms with van der Waals surface area (Å²) in [6.45, 7) is 3.36. The first-order chi connectivity index (χ1) is 28.2. The molecule has 0 aliphatic carbocycles. The minimum Gasteiger partial charge on any atom is -0.462 e. The molecule has 3 atom stereocenters. The van der Waals surface area contributed by atoms with Gasteiger partial charge < -0.3 is 25.2 Å². The fourth-order valence-corrected chi connectivity index (χ4v) is 5.81. The van der Waals surface area contributed by atoms with Gasteiger partial charge in [0.05, 0.1) is 19.3 Å². The molecule has 0 aliphatic heterocycles. The van der Waals surface area contributed by atoms with E-state index in [1.807, 2.05) is 48.6 Å². The third-order valence-corrected chi connectivity index (χ3v) is 9.22. The Balaban J connectivity index is 4.41. The highest BCUT2D eigenvalue weighted by atomic mass is 31.2. The average Bonchev–Trinajstić information content (AvgIpc) is 3.21. The van der Waals surface area contributed by atoms with Crippen LogP contribution in [0.3, 0.4) is 0 Å². The van der Waals surface area contributed by atoms with E-state index >= 15 is 0 Å². The van der Waals surface area contributed by atoms with E-state index in [2.05, 4.69) is 68.5 Å². The van der Waals surface area contributed by atoms with Crippen molar-refractivity contribution in [1.82, 2.24) is 0 Å². The molecule has 4 N–H and O–H groups in total. The van der Waals surface area contributed by atoms with Crippen LogP contribution < -0.4 is 5.73 Å². The Morgan fingerprint density at radius 2 is 1.19 bits per heavy atom. The van der Waals surface area contributed by atoms with Crippen LogP contribution in [0.15, 0.2) is 109 Å². The standard InChI is InChI=1S/C47H76NO9P/c1-3-5-7-9-11-12-13-14-15-16-17-18-19-24-27-31-35-39-47(51)57-45(43-56-58(52,53)55-41-40-48)42-54-46(50)38-34-30-26-23-21-20-22-25-29-33-37-44(49)36-32-28-10-8-6-4-2/h6,8,11-12,14-15,17-18,20-21,25-26,28-30,32-33,37,44-45,49H,3-5,7,9-10,13,16,19,22-24,27,31,34-36,38-43,48H2,1-2H3,(H,52,53)/b8-6-,12-11-,15-14-,18-17-,21-20-,29-25-,30-26-,32-28-,37-33+/t44?,45-/m1/s1. The summed E-state index contributed by atoms with van der Waals surface area (Å²) < 4.78 is 32.6. The van der Waals surface area contributed by atoms with Gasteiger partial charge in [-0.15, -0.1) is 0 Å². The first-order valence-corrected chi connectivity index (χ1v) is 23.0. The largest absolute Gasteiger partial charge is 0.472 e. The van der Waals surface area contributed by atoms with Crippen molar-refractivity contribution in [3.05, 3.63) is 109 Å². The maximum atomic E-state index is 12.6. The van der Waals surface area contributed by atoms with Gasteiger partial charge in [-0.05, 0) is 83.5 Å². The molecule has 0 aromatic rings. The highest BCUT2D eigenvalue weighted by molar-refractivity contribution is 7.47. The van der Waals surface area contributed by atoms with Gasteiger partial charge in [-0.25, -0.2) is 4.57 Å². The van der Waals surface area contributed by atoms with Crippen molar-refractivity contribution in [2.24, 2.45) is 5.73 Å². The van der Waals surface area contributed by atoms with Crippen LogP contribution >= 0.6 is 7.82 Å². The molecule has 0 radical (unpaired) electrons. The lowest BCUT2D eigenvalue weighted by molar-refractivity contribution is -0.161. The van der Waals surface area contributed by atoms with Crippen LogP contribution in [-0.4, -0.2) is 60.5 Å². The zero-order valence-electron chi connectivity index (χ0n) is 35.6. The number of nitrogens with two attached hydrogens (primary N) is 1. The molecule has 0 aromatic carbocycles. The van der Waals surface area contributed by atoms with Gasteiger partial charge in [-0.1, -0.05) is 149 Å². The summed E-state index contributed by atoms with van der Waals surface area (Å²) in [4.78, 5) is 34.8. The summed E-state index contributed by atoms with van der Waals surface area (Å²) in [7, 11) is -4.42. The third kappa shape index (κ3) is 40.8. The number of hydrogen-bond acceptors (Lipinski definition) is 9. The molecule has 0 bridgehead atoms. The van der Waals surface area contributed by atoms with Crippen LogP contribution in [0, 0.1) is 0 Å². The summed E-state index contributed by atoms with van der Waals surface area (Å²) in [6, 6.07) is 0. The average molecular weight is 830 g/mol. The van der Waals surface area contributed by atoms with Crippen LogP contribution in [0.5, 0.6) is 0 Å². The number of aliphatic hydroxyl groups is 1. The van der Waals surface area contributed by atoms with Crippen LogP contribution in [0.25, 0.3) is 0 Å². The number of esters is 2. The molecule has 0 aromatic heterocycles. The maximum Gasteiger partial charge on any atom is 0.472 e. The molecule has 0 amide bonds. The van der Waals surface area contributed by atoms with Crippen molar-refractivity contribution in [2.75, 3.05) is 26.4 Å². The molecular formula is C47H76NO9P. The molecule has 0 fully saturated rings. The number of carbonyl (C=O) groups excluding carboxylic acids is 2. The topological polar surface area (TPSA) is 155 Å². The first kappa shape index (κ1) is 54.6. The van der Waals surface area contributed by atoms with E-state index in [0.717, 1.165) is 57.8 Å². The molecule has 0 rings (SSSR count). The Morgan fingerprint density at radius 1 is 0.621 bits per heavy atom. The molecule has 58 heavy (non-hydrogen) atoms. The number of allylic oxidation sites excluding steroid dienone is 16. The normalized spacial score (nSPS) is 14.9. The molecule has 11 heteroatoms. The van der Waals surface area contributed by atoms with Crippen molar-refractivity contribution < 1.29 is 42.7 Å². The Kier molecular flexibility index (Phi) is 39.4. The number of phosphoric acid groups is 1. The monoisotopic (exact) mass is 830 g/mol. The van der Waals surface area contributed by atoms with Crippen LogP contribution in [0.2, 0.25) is 0 Å². The van der Waals surface area contributed by atoms with Gasteiger partial charge in [0.15, 0.2) is 6.10 Å². The zero-order valence-corrected chi connectivity index (χ0v) is 36.5. The highest BCUT2D eigenvalue weighted by Gasteiger charge is 2.25. The van der Waals surface area contributed by atoms with E-state index in [-0.39, 0.29) is 32.6 Å². The number of aliphatic hydroxyl groups excluding tert-OH is 1. The van der Waals surface area contributed by atoms with E-state index in [4.69, 9.17) is 24.3 Å². The second kappa shape index (κ2) is 41.8. The predicted octanol–water partition coefficient (Wildman–Crippen LogP) is 11.4. The number of unbranched alkanes of at least 4 members (excludes halogenated alkanes) is 7. The lowest BCUT2D eigenvalue weighted by Gasteiger charge is -2.19. The molecule has 0 aliphatic rings. The number of rotatable bonds is 38. The minimum atomic E-state index is -4.42. The van der Waals surface area contributed by atoms with Gasteiger partial charge in [0.2, 0.25) is 0 Å². The molecule has 0 saturated carbocycles. The van der Waals surface area contributed by atoms with Crippen molar-refractivity contribution in [2.45, 2.75) is 148 Å². The fourth-order valence-electron chi connectivity index (χ4n) is 5.04. The fraction of sp³-hybridized carbons (Fsp3) is 0.574. The number of hydrogen-bond donors (Lipinski definition) is 3. The molecule has 10 nitrogen and oxygen atoms in total. The number of ether oxygens (including phenoxy) is 2. The Hall–Kier alpha value is -3.37. The number of phosphoric ester groups is 1. The van der Waals surface area contributed by atoms with Gasteiger partial charge in [-0.2, -0.15) is 0 Å². The second-order valence-electron chi connectivity index (χ2n) is 13.7. The van der Waals surface area contributed by atoms with Gasteiger partial charge in [0, 0.05) is 19.4 Å². The molecule has 0 spiro atoms. The summed E-state index contributed by atoms with van der Waals surface area (Å²) in [5.41, 5.74) is 5.34. The third-order valence-electron chi connectivity index (χ3n) is 8.24. The zero-order chi connectivity index (χ0) is 42.6. The van der Waals surface area contributed by atoms with E-state index in [1.54, 1.807) is 6.08 Å². The number of carbonyl (C=O) groups is 2. The summed E-state index contributed by atoms with van der Waals surface area (Å²) in [5, 5.41) is 9.99. The predicted molar refractivity (Wildman–Crippen MR) is 239 cm³/mol. The molecular weight excluding hydrogens is 753 g/mol. The molecule has 0 saturated heterocycles. The highest BCUT2D eigenvalue weighted by Crippen LogP contribution is 2.43. The summed E-state index contributed by atoms with van der Waals surface area (Å²) in [5.74, 6) is -0.995. The molecule has 0 heterocycles. The van der Waals surface area contributed by atoms with Crippen LogP contribution in [-0.2, 0) is 32.7 Å². The summed E-state index contributed by atoms with van der Waals surface area (Å²) in [6.07, 6.45) is 51.6. The summed E-state index contributed by atoms with van der Waals surface area (Å²) >= 11 is 0. The van der Waals surface area contributed by atoms with Crippen molar-refractivity contribution in [3.8, 4) is 0 Å². The Labute approximate surface area is 351 Å². The smallest absolute Gasteiger partial charge is 0.462 e. The van der Waals surface area contributed by atoms with Crippen molar-refractivity contribution >= 4 is 19.8 Å². The van der Waals surface area contributed by atoms with Gasteiger partial charge in [0.1, 0.15) is 6.61 Å². The molecule has 2 unspecified atom stereocenters. The Morgan fingerprint density at radius 3 is 1.83 bits per heavy atom. The minimum absolute atomic E-state index is 0.0257. The van der Waals surface area contributed by atoms with Crippen LogP contribution in [0.4, 0.5) is 0 Å². The SMILES string of the molecule is CC/C=C\C/C=C\CC(O)/C=C/C=C\C/C=C\C/C=C\CCC(=O)OC[C@H](COP(=O)(O)OCCN)OC(=O)CCCCCC/C=C\C/C=C\C/C=C\CCCCC. The lowest BCUT2D eigenvalue weighted by Crippen LogP contribution is -2.29. The van der Waals surface area contributed by atoms with E-state index in [1.165, 1.54) is 25.7 Å². The quantitative estimate of drug-likeness (QED) is 0.0180. The van der Waals surface area contributed by atoms with Gasteiger partial charge in [-0.3, -0.25) is 18.6 Å². The van der Waals surface area contributed by atoms with Crippen LogP contribution in [0.1, 0.15) is 136 Å². The maximum absolute atomic E-state index is 12.6. The Bertz CT molecular complexity index is 1330. The van der Waals surface area contributed by atoms with E-state index in [0.29, 0.717) is 25.7 Å². The van der Waals surface area contributed by atoms with Gasteiger partial charge in [0.25, 0.3) is 0 Å². The lowest BCUT2D eigenvalue weighted by atomic mass is 10.1. The van der Waals surface area contributed by atoms with Gasteiger partial charge >= 0.3 is 19.8 Å². The first-order valence-electron chi connectivity index (χ1n) is 21.5. The second-order valence-corrected chi connectivity index (χ2v) is 15.1. The molecule has 328 valence electrons. The van der Waals surface area contributed by atoms with E-state index in [9.17, 15) is 24.2 Å². The van der Waals surface area contributed by atoms with Crippen molar-refractivity contribution in [3.63, 3.8) is 0 Å². The van der Waals surface area contributed by atoms with E-state index < -0.39 is 38.6 Å². The van der Waals surface area contributed by atoms with Crippen molar-refractivity contribution in [1.29, 1.82) is 0 Å².